The third-order valence-corrected chi connectivity index (χ3v) is 3.19. The number of carboxylic acids is 1. The summed E-state index contributed by atoms with van der Waals surface area (Å²) < 4.78 is 10.5. The van der Waals surface area contributed by atoms with Gasteiger partial charge in [-0.1, -0.05) is 25.1 Å². The number of para-hydroxylation sites is 1. The zero-order valence-electron chi connectivity index (χ0n) is 13.0. The van der Waals surface area contributed by atoms with Crippen LogP contribution in [0.4, 0.5) is 0 Å². The first-order valence-corrected chi connectivity index (χ1v) is 7.22. The Hall–Kier alpha value is -2.08. The van der Waals surface area contributed by atoms with E-state index in [1.807, 2.05) is 30.3 Å². The number of amides is 1. The fourth-order valence-electron chi connectivity index (χ4n) is 1.94. The lowest BCUT2D eigenvalue weighted by atomic mass is 10.1. The van der Waals surface area contributed by atoms with E-state index in [1.54, 1.807) is 6.92 Å². The lowest BCUT2D eigenvalue weighted by Gasteiger charge is -2.24. The smallest absolute Gasteiger partial charge is 0.323 e. The summed E-state index contributed by atoms with van der Waals surface area (Å²) in [5.41, 5.74) is 0. The maximum Gasteiger partial charge on any atom is 0.323 e. The van der Waals surface area contributed by atoms with Crippen molar-refractivity contribution >= 4 is 11.9 Å². The number of rotatable bonds is 10. The maximum atomic E-state index is 12.3. The lowest BCUT2D eigenvalue weighted by molar-refractivity contribution is -0.146. The van der Waals surface area contributed by atoms with Crippen LogP contribution in [0.1, 0.15) is 13.3 Å². The Balaban J connectivity index is 2.44. The molecule has 1 rings (SSSR count). The highest BCUT2D eigenvalue weighted by Gasteiger charge is 2.22. The van der Waals surface area contributed by atoms with Crippen molar-refractivity contribution in [1.82, 2.24) is 4.90 Å². The maximum absolute atomic E-state index is 12.3. The molecular weight excluding hydrogens is 286 g/mol. The zero-order valence-corrected chi connectivity index (χ0v) is 13.0. The van der Waals surface area contributed by atoms with Gasteiger partial charge in [0.1, 0.15) is 12.3 Å². The van der Waals surface area contributed by atoms with Crippen LogP contribution in [-0.4, -0.2) is 55.3 Å². The van der Waals surface area contributed by atoms with E-state index in [-0.39, 0.29) is 24.9 Å². The monoisotopic (exact) mass is 309 g/mol. The van der Waals surface area contributed by atoms with Crippen LogP contribution < -0.4 is 4.74 Å². The van der Waals surface area contributed by atoms with Crippen molar-refractivity contribution in [3.05, 3.63) is 30.3 Å². The number of methoxy groups -OCH3 is 1. The van der Waals surface area contributed by atoms with E-state index in [1.165, 1.54) is 12.0 Å². The summed E-state index contributed by atoms with van der Waals surface area (Å²) in [7, 11) is 1.51. The first-order valence-electron chi connectivity index (χ1n) is 7.22. The minimum atomic E-state index is -1.03. The van der Waals surface area contributed by atoms with Crippen molar-refractivity contribution in [3.63, 3.8) is 0 Å². The Bertz CT molecular complexity index is 463. The molecule has 0 saturated carbocycles. The second kappa shape index (κ2) is 9.78. The van der Waals surface area contributed by atoms with Gasteiger partial charge in [0.15, 0.2) is 0 Å². The van der Waals surface area contributed by atoms with E-state index >= 15 is 0 Å². The highest BCUT2D eigenvalue weighted by molar-refractivity contribution is 5.82. The van der Waals surface area contributed by atoms with Gasteiger partial charge in [-0.3, -0.25) is 9.59 Å². The molecule has 6 heteroatoms. The molecule has 0 fully saturated rings. The molecule has 122 valence electrons. The molecule has 1 aromatic rings. The van der Waals surface area contributed by atoms with Gasteiger partial charge in [0, 0.05) is 19.6 Å². The molecule has 1 N–H and O–H groups in total. The fourth-order valence-corrected chi connectivity index (χ4v) is 1.94. The number of carboxylic acid groups (broad SMARTS) is 1. The Kier molecular flexibility index (Phi) is 7.99. The third kappa shape index (κ3) is 6.58. The largest absolute Gasteiger partial charge is 0.494 e. The van der Waals surface area contributed by atoms with E-state index in [0.717, 1.165) is 5.75 Å². The van der Waals surface area contributed by atoms with Crippen LogP contribution in [0.15, 0.2) is 30.3 Å². The molecular formula is C16H23NO5. The van der Waals surface area contributed by atoms with Crippen LogP contribution in [0.5, 0.6) is 5.75 Å². The molecule has 1 amide bonds. The molecule has 0 radical (unpaired) electrons. The molecule has 0 spiro atoms. The average Bonchev–Trinajstić information content (AvgIpc) is 2.51. The van der Waals surface area contributed by atoms with Crippen LogP contribution in [0.25, 0.3) is 0 Å². The van der Waals surface area contributed by atoms with E-state index in [0.29, 0.717) is 19.6 Å². The number of benzene rings is 1. The average molecular weight is 309 g/mol. The van der Waals surface area contributed by atoms with Gasteiger partial charge in [-0.25, -0.2) is 0 Å². The minimum Gasteiger partial charge on any atom is -0.494 e. The molecule has 0 aliphatic rings. The Labute approximate surface area is 130 Å². The SMILES string of the molecule is COCCN(CC(=O)O)C(=O)C(C)CCOc1ccccc1. The molecule has 1 unspecified atom stereocenters. The number of hydrogen-bond donors (Lipinski definition) is 1. The highest BCUT2D eigenvalue weighted by atomic mass is 16.5. The van der Waals surface area contributed by atoms with Crippen molar-refractivity contribution in [3.8, 4) is 5.75 Å². The van der Waals surface area contributed by atoms with Crippen molar-refractivity contribution in [2.24, 2.45) is 5.92 Å². The van der Waals surface area contributed by atoms with Crippen LogP contribution in [0, 0.1) is 5.92 Å². The summed E-state index contributed by atoms with van der Waals surface area (Å²) in [5.74, 6) is -0.780. The zero-order chi connectivity index (χ0) is 16.4. The molecule has 0 saturated heterocycles. The standard InChI is InChI=1S/C16H23NO5/c1-13(8-10-22-14-6-4-3-5-7-14)16(20)17(9-11-21-2)12-15(18)19/h3-7,13H,8-12H2,1-2H3,(H,18,19). The fraction of sp³-hybridized carbons (Fsp3) is 0.500. The molecule has 0 aliphatic heterocycles. The quantitative estimate of drug-likeness (QED) is 0.711. The molecule has 0 aliphatic carbocycles. The van der Waals surface area contributed by atoms with Gasteiger partial charge in [0.05, 0.1) is 13.2 Å². The number of aliphatic carboxylic acids is 1. The number of ether oxygens (including phenoxy) is 2. The number of carbonyl (C=O) groups excluding carboxylic acids is 1. The number of hydrogen-bond acceptors (Lipinski definition) is 4. The molecule has 0 heterocycles. The summed E-state index contributed by atoms with van der Waals surface area (Å²) in [5, 5.41) is 8.88. The molecule has 1 atom stereocenters. The second-order valence-electron chi connectivity index (χ2n) is 5.00. The lowest BCUT2D eigenvalue weighted by Crippen LogP contribution is -2.41. The topological polar surface area (TPSA) is 76.1 Å². The van der Waals surface area contributed by atoms with Crippen molar-refractivity contribution in [1.29, 1.82) is 0 Å². The van der Waals surface area contributed by atoms with E-state index in [4.69, 9.17) is 14.6 Å². The predicted molar refractivity (Wildman–Crippen MR) is 81.8 cm³/mol. The number of nitrogens with zero attached hydrogens (tertiary/aromatic N) is 1. The first-order chi connectivity index (χ1) is 10.5. The minimum absolute atomic E-state index is 0.198. The van der Waals surface area contributed by atoms with Gasteiger partial charge in [-0.05, 0) is 18.6 Å². The third-order valence-electron chi connectivity index (χ3n) is 3.19. The van der Waals surface area contributed by atoms with E-state index in [9.17, 15) is 9.59 Å². The summed E-state index contributed by atoms with van der Waals surface area (Å²) in [6, 6.07) is 9.36. The summed E-state index contributed by atoms with van der Waals surface area (Å²) in [6.45, 7) is 2.45. The normalized spacial score (nSPS) is 11.7. The van der Waals surface area contributed by atoms with Crippen LogP contribution >= 0.6 is 0 Å². The molecule has 1 aromatic carbocycles. The summed E-state index contributed by atoms with van der Waals surface area (Å²) in [4.78, 5) is 24.4. The first kappa shape index (κ1) is 18.0. The number of carbonyl (C=O) groups is 2. The van der Waals surface area contributed by atoms with Gasteiger partial charge in [0.2, 0.25) is 5.91 Å². The highest BCUT2D eigenvalue weighted by Crippen LogP contribution is 2.12. The summed E-state index contributed by atoms with van der Waals surface area (Å²) >= 11 is 0. The van der Waals surface area contributed by atoms with Gasteiger partial charge in [-0.2, -0.15) is 0 Å². The van der Waals surface area contributed by atoms with E-state index in [2.05, 4.69) is 0 Å². The van der Waals surface area contributed by atoms with Crippen LogP contribution in [-0.2, 0) is 14.3 Å². The van der Waals surface area contributed by atoms with Crippen molar-refractivity contribution in [2.45, 2.75) is 13.3 Å². The van der Waals surface area contributed by atoms with Crippen molar-refractivity contribution in [2.75, 3.05) is 33.4 Å². The van der Waals surface area contributed by atoms with Gasteiger partial charge in [-0.15, -0.1) is 0 Å². The molecule has 0 aromatic heterocycles. The predicted octanol–water partition coefficient (Wildman–Crippen LogP) is 1.65. The summed E-state index contributed by atoms with van der Waals surface area (Å²) in [6.07, 6.45) is 0.525. The molecule has 6 nitrogen and oxygen atoms in total. The second-order valence-corrected chi connectivity index (χ2v) is 5.00. The van der Waals surface area contributed by atoms with Gasteiger partial charge >= 0.3 is 5.97 Å². The van der Waals surface area contributed by atoms with Crippen molar-refractivity contribution < 1.29 is 24.2 Å². The van der Waals surface area contributed by atoms with Gasteiger partial charge < -0.3 is 19.5 Å². The molecule has 22 heavy (non-hydrogen) atoms. The van der Waals surface area contributed by atoms with E-state index < -0.39 is 5.97 Å². The van der Waals surface area contributed by atoms with Gasteiger partial charge in [0.25, 0.3) is 0 Å². The Morgan fingerprint density at radius 1 is 1.23 bits per heavy atom. The van der Waals surface area contributed by atoms with Crippen LogP contribution in [0.2, 0.25) is 0 Å². The Morgan fingerprint density at radius 2 is 1.91 bits per heavy atom. The molecule has 0 bridgehead atoms. The Morgan fingerprint density at radius 3 is 2.50 bits per heavy atom. The van der Waals surface area contributed by atoms with Crippen LogP contribution in [0.3, 0.4) is 0 Å².